The molecule has 0 aliphatic rings. The molecule has 0 aliphatic heterocycles. The molecule has 0 amide bonds. The maximum Gasteiger partial charge on any atom is 0.322 e. The van der Waals surface area contributed by atoms with E-state index < -0.39 is 5.97 Å². The Morgan fingerprint density at radius 3 is 2.62 bits per heavy atom. The summed E-state index contributed by atoms with van der Waals surface area (Å²) in [5.74, 6) is -0.248. The van der Waals surface area contributed by atoms with Gasteiger partial charge in [0.25, 0.3) is 0 Å². The lowest BCUT2D eigenvalue weighted by Gasteiger charge is -2.11. The molecule has 1 aromatic carbocycles. The average Bonchev–Trinajstić information content (AvgIpc) is 2.64. The summed E-state index contributed by atoms with van der Waals surface area (Å²) >= 11 is 6.06. The van der Waals surface area contributed by atoms with Crippen molar-refractivity contribution < 1.29 is 9.90 Å². The molecule has 7 nitrogen and oxygen atoms in total. The van der Waals surface area contributed by atoms with E-state index in [2.05, 4.69) is 25.6 Å². The second-order valence-electron chi connectivity index (χ2n) is 5.53. The number of hydrogen-bond donors (Lipinski definition) is 3. The van der Waals surface area contributed by atoms with Crippen LogP contribution in [0.15, 0.2) is 48.8 Å². The molecule has 0 unspecified atom stereocenters. The van der Waals surface area contributed by atoms with Crippen LogP contribution in [-0.4, -0.2) is 32.6 Å². The number of anilines is 3. The van der Waals surface area contributed by atoms with E-state index in [0.29, 0.717) is 16.5 Å². The van der Waals surface area contributed by atoms with Crippen molar-refractivity contribution in [2.45, 2.75) is 6.92 Å². The normalized spacial score (nSPS) is 10.4. The Balaban J connectivity index is 1.95. The molecular weight excluding hydrogens is 354 g/mol. The first-order valence-electron chi connectivity index (χ1n) is 7.79. The smallest absolute Gasteiger partial charge is 0.322 e. The summed E-state index contributed by atoms with van der Waals surface area (Å²) in [7, 11) is 0. The average molecular weight is 370 g/mol. The number of nitrogens with zero attached hydrogens (tertiary/aromatic N) is 3. The fourth-order valence-corrected chi connectivity index (χ4v) is 2.40. The van der Waals surface area contributed by atoms with Crippen LogP contribution in [0.2, 0.25) is 5.02 Å². The number of carboxylic acid groups (broad SMARTS) is 1. The highest BCUT2D eigenvalue weighted by molar-refractivity contribution is 6.31. The van der Waals surface area contributed by atoms with Gasteiger partial charge in [0.2, 0.25) is 5.95 Å². The number of carbonyl (C=O) groups is 1. The molecule has 3 aromatic rings. The molecular formula is C18H16ClN5O2. The molecule has 132 valence electrons. The minimum Gasteiger partial charge on any atom is -0.480 e. The third kappa shape index (κ3) is 4.46. The molecule has 0 fully saturated rings. The van der Waals surface area contributed by atoms with Gasteiger partial charge in [0.15, 0.2) is 0 Å². The lowest BCUT2D eigenvalue weighted by Crippen LogP contribution is -2.15. The quantitative estimate of drug-likeness (QED) is 0.608. The van der Waals surface area contributed by atoms with Crippen molar-refractivity contribution in [2.75, 3.05) is 17.2 Å². The Hall–Kier alpha value is -3.19. The molecule has 0 atom stereocenters. The third-order valence-corrected chi connectivity index (χ3v) is 3.95. The van der Waals surface area contributed by atoms with Gasteiger partial charge >= 0.3 is 5.97 Å². The van der Waals surface area contributed by atoms with Gasteiger partial charge in [-0.15, -0.1) is 0 Å². The predicted molar refractivity (Wildman–Crippen MR) is 101 cm³/mol. The number of aliphatic carboxylic acids is 1. The van der Waals surface area contributed by atoms with Gasteiger partial charge in [-0.3, -0.25) is 9.78 Å². The van der Waals surface area contributed by atoms with Crippen molar-refractivity contribution in [1.82, 2.24) is 15.0 Å². The van der Waals surface area contributed by atoms with Gasteiger partial charge in [-0.1, -0.05) is 11.6 Å². The first-order chi connectivity index (χ1) is 12.5. The lowest BCUT2D eigenvalue weighted by atomic mass is 10.2. The Morgan fingerprint density at radius 2 is 1.92 bits per heavy atom. The third-order valence-electron chi connectivity index (χ3n) is 3.53. The van der Waals surface area contributed by atoms with E-state index in [1.165, 1.54) is 0 Å². The fourth-order valence-electron chi connectivity index (χ4n) is 2.29. The van der Waals surface area contributed by atoms with Crippen LogP contribution in [0.3, 0.4) is 0 Å². The summed E-state index contributed by atoms with van der Waals surface area (Å²) in [5.41, 5.74) is 3.24. The first kappa shape index (κ1) is 17.6. The highest BCUT2D eigenvalue weighted by Gasteiger charge is 2.09. The molecule has 26 heavy (non-hydrogen) atoms. The van der Waals surface area contributed by atoms with Gasteiger partial charge in [0.05, 0.1) is 5.69 Å². The van der Waals surface area contributed by atoms with Crippen LogP contribution >= 0.6 is 11.6 Å². The van der Waals surface area contributed by atoms with Crippen molar-refractivity contribution in [1.29, 1.82) is 0 Å². The van der Waals surface area contributed by atoms with Gasteiger partial charge in [-0.05, 0) is 42.8 Å². The first-order valence-corrected chi connectivity index (χ1v) is 8.17. The standard InChI is InChI=1S/C18H16ClN5O2/c1-11-8-13(2-3-14(11)19)22-16-9-15(12-4-6-20-7-5-12)23-18(24-16)21-10-17(25)26/h2-9H,10H2,1H3,(H,25,26)(H2,21,22,23,24). The number of nitrogens with one attached hydrogen (secondary N) is 2. The molecule has 0 radical (unpaired) electrons. The van der Waals surface area contributed by atoms with Crippen LogP contribution in [0.4, 0.5) is 17.5 Å². The highest BCUT2D eigenvalue weighted by Crippen LogP contribution is 2.25. The lowest BCUT2D eigenvalue weighted by molar-refractivity contribution is -0.134. The molecule has 0 saturated carbocycles. The van der Waals surface area contributed by atoms with E-state index in [1.807, 2.05) is 31.2 Å². The zero-order chi connectivity index (χ0) is 18.5. The van der Waals surface area contributed by atoms with Gasteiger partial charge < -0.3 is 15.7 Å². The summed E-state index contributed by atoms with van der Waals surface area (Å²) in [6.45, 7) is 1.63. The number of aromatic nitrogens is 3. The van der Waals surface area contributed by atoms with Crippen LogP contribution in [0.25, 0.3) is 11.3 Å². The number of pyridine rings is 1. The van der Waals surface area contributed by atoms with Crippen molar-refractivity contribution in [3.63, 3.8) is 0 Å². The van der Waals surface area contributed by atoms with E-state index in [4.69, 9.17) is 16.7 Å². The number of hydrogen-bond acceptors (Lipinski definition) is 6. The Morgan fingerprint density at radius 1 is 1.15 bits per heavy atom. The van der Waals surface area contributed by atoms with Gasteiger partial charge in [-0.2, -0.15) is 4.98 Å². The van der Waals surface area contributed by atoms with Crippen LogP contribution < -0.4 is 10.6 Å². The SMILES string of the molecule is Cc1cc(Nc2cc(-c3ccncc3)nc(NCC(=O)O)n2)ccc1Cl. The monoisotopic (exact) mass is 369 g/mol. The minimum atomic E-state index is -0.995. The van der Waals surface area contributed by atoms with Crippen LogP contribution in [0.1, 0.15) is 5.56 Å². The predicted octanol–water partition coefficient (Wildman–Crippen LogP) is 3.74. The maximum absolute atomic E-state index is 10.8. The Kier molecular flexibility index (Phi) is 5.28. The molecule has 8 heteroatoms. The maximum atomic E-state index is 10.8. The molecule has 2 aromatic heterocycles. The molecule has 0 aliphatic carbocycles. The number of aryl methyl sites for hydroxylation is 1. The Labute approximate surface area is 155 Å². The summed E-state index contributed by atoms with van der Waals surface area (Å²) < 4.78 is 0. The van der Waals surface area contributed by atoms with Gasteiger partial charge in [-0.25, -0.2) is 4.98 Å². The molecule has 2 heterocycles. The largest absolute Gasteiger partial charge is 0.480 e. The summed E-state index contributed by atoms with van der Waals surface area (Å²) in [4.78, 5) is 23.5. The molecule has 0 saturated heterocycles. The zero-order valence-electron chi connectivity index (χ0n) is 13.9. The van der Waals surface area contributed by atoms with Crippen molar-refractivity contribution in [2.24, 2.45) is 0 Å². The molecule has 3 N–H and O–H groups in total. The summed E-state index contributed by atoms with van der Waals surface area (Å²) in [5, 5.41) is 15.4. The van der Waals surface area contributed by atoms with Gasteiger partial charge in [0, 0.05) is 34.7 Å². The van der Waals surface area contributed by atoms with E-state index in [-0.39, 0.29) is 12.5 Å². The number of carboxylic acids is 1. The number of benzene rings is 1. The number of halogens is 1. The van der Waals surface area contributed by atoms with Crippen molar-refractivity contribution in [3.05, 3.63) is 59.4 Å². The molecule has 3 rings (SSSR count). The zero-order valence-corrected chi connectivity index (χ0v) is 14.7. The van der Waals surface area contributed by atoms with Crippen molar-refractivity contribution in [3.8, 4) is 11.3 Å². The molecule has 0 spiro atoms. The van der Waals surface area contributed by atoms with E-state index >= 15 is 0 Å². The van der Waals surface area contributed by atoms with Gasteiger partial charge in [0.1, 0.15) is 12.4 Å². The number of rotatable bonds is 6. The summed E-state index contributed by atoms with van der Waals surface area (Å²) in [6, 6.07) is 11.0. The van der Waals surface area contributed by atoms with E-state index in [9.17, 15) is 4.79 Å². The highest BCUT2D eigenvalue weighted by atomic mass is 35.5. The Bertz CT molecular complexity index is 934. The van der Waals surface area contributed by atoms with Crippen LogP contribution in [0, 0.1) is 6.92 Å². The second-order valence-corrected chi connectivity index (χ2v) is 5.94. The van der Waals surface area contributed by atoms with Crippen LogP contribution in [-0.2, 0) is 4.79 Å². The topological polar surface area (TPSA) is 100 Å². The fraction of sp³-hybridized carbons (Fsp3) is 0.111. The van der Waals surface area contributed by atoms with Crippen LogP contribution in [0.5, 0.6) is 0 Å². The molecule has 0 bridgehead atoms. The van der Waals surface area contributed by atoms with E-state index in [0.717, 1.165) is 16.8 Å². The second kappa shape index (κ2) is 7.79. The summed E-state index contributed by atoms with van der Waals surface area (Å²) in [6.07, 6.45) is 3.33. The van der Waals surface area contributed by atoms with Crippen molar-refractivity contribution >= 4 is 35.0 Å². The van der Waals surface area contributed by atoms with E-state index in [1.54, 1.807) is 24.5 Å². The minimum absolute atomic E-state index is 0.217.